The van der Waals surface area contributed by atoms with Gasteiger partial charge in [-0.05, 0) is 37.1 Å². The molecular weight excluding hydrogens is 274 g/mol. The van der Waals surface area contributed by atoms with E-state index in [9.17, 15) is 9.59 Å². The Balaban J connectivity index is 2.08. The molecular formula is C19H15NO2. The highest BCUT2D eigenvalue weighted by Crippen LogP contribution is 2.49. The summed E-state index contributed by atoms with van der Waals surface area (Å²) in [4.78, 5) is 26.9. The lowest BCUT2D eigenvalue weighted by atomic mass is 9.85. The Morgan fingerprint density at radius 2 is 1.64 bits per heavy atom. The van der Waals surface area contributed by atoms with E-state index in [1.165, 1.54) is 0 Å². The molecule has 0 N–H and O–H groups in total. The van der Waals surface area contributed by atoms with Crippen LogP contribution in [-0.4, -0.2) is 11.7 Å². The Bertz CT molecular complexity index is 863. The smallest absolute Gasteiger partial charge is 0.259 e. The fourth-order valence-corrected chi connectivity index (χ4v) is 3.66. The number of rotatable bonds is 1. The van der Waals surface area contributed by atoms with Crippen molar-refractivity contribution in [1.82, 2.24) is 0 Å². The van der Waals surface area contributed by atoms with E-state index in [0.29, 0.717) is 5.56 Å². The minimum absolute atomic E-state index is 0.0199. The van der Waals surface area contributed by atoms with Gasteiger partial charge in [0.25, 0.3) is 5.91 Å². The van der Waals surface area contributed by atoms with Crippen molar-refractivity contribution >= 4 is 23.0 Å². The highest BCUT2D eigenvalue weighted by atomic mass is 16.2. The summed E-state index contributed by atoms with van der Waals surface area (Å²) in [5, 5.41) is 0. The lowest BCUT2D eigenvalue weighted by molar-refractivity contribution is -0.113. The standard InChI is InChI=1S/C19H15NO2/c1-11-13-7-5-6-10-16(13)20-18(17(11)12(2)21)14-8-3-4-9-15(14)19(20)22/h3-10,18H,1-2H3. The summed E-state index contributed by atoms with van der Waals surface area (Å²) in [7, 11) is 0. The predicted octanol–water partition coefficient (Wildman–Crippen LogP) is 3.76. The molecule has 0 bridgehead atoms. The Morgan fingerprint density at radius 3 is 2.36 bits per heavy atom. The van der Waals surface area contributed by atoms with E-state index in [1.807, 2.05) is 55.5 Å². The molecule has 1 amide bonds. The number of allylic oxidation sites excluding steroid dienone is 1. The molecule has 0 spiro atoms. The Kier molecular flexibility index (Phi) is 2.61. The number of anilines is 1. The van der Waals surface area contributed by atoms with E-state index in [-0.39, 0.29) is 17.7 Å². The second-order valence-electron chi connectivity index (χ2n) is 5.78. The summed E-state index contributed by atoms with van der Waals surface area (Å²) in [5.41, 5.74) is 5.15. The van der Waals surface area contributed by atoms with Gasteiger partial charge in [0.1, 0.15) is 0 Å². The van der Waals surface area contributed by atoms with E-state index in [4.69, 9.17) is 0 Å². The molecule has 1 atom stereocenters. The Labute approximate surface area is 128 Å². The van der Waals surface area contributed by atoms with Gasteiger partial charge in [-0.15, -0.1) is 0 Å². The molecule has 0 aromatic heterocycles. The summed E-state index contributed by atoms with van der Waals surface area (Å²) < 4.78 is 0. The van der Waals surface area contributed by atoms with Crippen LogP contribution in [0.25, 0.3) is 5.57 Å². The Hall–Kier alpha value is -2.68. The van der Waals surface area contributed by atoms with Gasteiger partial charge in [0.2, 0.25) is 0 Å². The monoisotopic (exact) mass is 289 g/mol. The zero-order valence-electron chi connectivity index (χ0n) is 12.5. The van der Waals surface area contributed by atoms with Crippen LogP contribution in [-0.2, 0) is 4.79 Å². The second-order valence-corrected chi connectivity index (χ2v) is 5.78. The fraction of sp³-hybridized carbons (Fsp3) is 0.158. The summed E-state index contributed by atoms with van der Waals surface area (Å²) >= 11 is 0. The number of carbonyl (C=O) groups is 2. The van der Waals surface area contributed by atoms with E-state index >= 15 is 0 Å². The van der Waals surface area contributed by atoms with Crippen molar-refractivity contribution in [2.24, 2.45) is 0 Å². The quantitative estimate of drug-likeness (QED) is 0.801. The third-order valence-electron chi connectivity index (χ3n) is 4.59. The predicted molar refractivity (Wildman–Crippen MR) is 85.7 cm³/mol. The molecule has 4 rings (SSSR count). The molecule has 2 heterocycles. The normalized spacial score (nSPS) is 18.9. The molecule has 1 unspecified atom stereocenters. The number of benzene rings is 2. The molecule has 2 aromatic carbocycles. The minimum atomic E-state index is -0.295. The molecule has 0 saturated heterocycles. The number of hydrogen-bond donors (Lipinski definition) is 0. The molecule has 2 aliphatic rings. The van der Waals surface area contributed by atoms with E-state index in [2.05, 4.69) is 0 Å². The van der Waals surface area contributed by atoms with Gasteiger partial charge in [-0.1, -0.05) is 36.4 Å². The summed E-state index contributed by atoms with van der Waals surface area (Å²) in [5.74, 6) is -0.00851. The number of amides is 1. The van der Waals surface area contributed by atoms with E-state index in [1.54, 1.807) is 11.8 Å². The molecule has 0 saturated carbocycles. The van der Waals surface area contributed by atoms with Crippen LogP contribution in [0.2, 0.25) is 0 Å². The zero-order valence-corrected chi connectivity index (χ0v) is 12.5. The van der Waals surface area contributed by atoms with Crippen LogP contribution in [0, 0.1) is 0 Å². The SMILES string of the molecule is CC(=O)C1=C(C)c2ccccc2N2C(=O)c3ccccc3C12. The number of Topliss-reactive ketones (excluding diaryl/α,β-unsaturated/α-hetero) is 1. The van der Waals surface area contributed by atoms with Crippen molar-refractivity contribution in [1.29, 1.82) is 0 Å². The topological polar surface area (TPSA) is 37.4 Å². The lowest BCUT2D eigenvalue weighted by Gasteiger charge is -2.34. The first kappa shape index (κ1) is 13.0. The maximum absolute atomic E-state index is 12.9. The minimum Gasteiger partial charge on any atom is -0.296 e. The lowest BCUT2D eigenvalue weighted by Crippen LogP contribution is -2.34. The number of fused-ring (bicyclic) bond motifs is 5. The van der Waals surface area contributed by atoms with Gasteiger partial charge >= 0.3 is 0 Å². The highest BCUT2D eigenvalue weighted by molar-refractivity contribution is 6.18. The van der Waals surface area contributed by atoms with Crippen molar-refractivity contribution in [2.45, 2.75) is 19.9 Å². The fourth-order valence-electron chi connectivity index (χ4n) is 3.66. The van der Waals surface area contributed by atoms with E-state index < -0.39 is 0 Å². The van der Waals surface area contributed by atoms with Crippen molar-refractivity contribution in [2.75, 3.05) is 4.90 Å². The summed E-state index contributed by atoms with van der Waals surface area (Å²) in [6, 6.07) is 15.1. The van der Waals surface area contributed by atoms with Crippen LogP contribution in [0.15, 0.2) is 54.1 Å². The molecule has 2 aromatic rings. The average molecular weight is 289 g/mol. The first-order valence-corrected chi connectivity index (χ1v) is 7.35. The number of para-hydroxylation sites is 1. The maximum Gasteiger partial charge on any atom is 0.259 e. The third-order valence-corrected chi connectivity index (χ3v) is 4.59. The van der Waals surface area contributed by atoms with Crippen molar-refractivity contribution in [3.05, 3.63) is 70.8 Å². The van der Waals surface area contributed by atoms with Crippen molar-refractivity contribution < 1.29 is 9.59 Å². The van der Waals surface area contributed by atoms with E-state index in [0.717, 1.165) is 28.0 Å². The molecule has 108 valence electrons. The van der Waals surface area contributed by atoms with Gasteiger partial charge in [-0.3, -0.25) is 14.5 Å². The molecule has 0 radical (unpaired) electrons. The molecule has 3 heteroatoms. The van der Waals surface area contributed by atoms with Crippen molar-refractivity contribution in [3.63, 3.8) is 0 Å². The maximum atomic E-state index is 12.9. The van der Waals surface area contributed by atoms with Crippen LogP contribution < -0.4 is 4.90 Å². The van der Waals surface area contributed by atoms with Crippen LogP contribution in [0.1, 0.15) is 41.4 Å². The largest absolute Gasteiger partial charge is 0.296 e. The number of nitrogens with zero attached hydrogens (tertiary/aromatic N) is 1. The summed E-state index contributed by atoms with van der Waals surface area (Å²) in [6.45, 7) is 3.55. The molecule has 22 heavy (non-hydrogen) atoms. The molecule has 2 aliphatic heterocycles. The van der Waals surface area contributed by atoms with Gasteiger partial charge in [-0.2, -0.15) is 0 Å². The van der Waals surface area contributed by atoms with Crippen LogP contribution in [0.5, 0.6) is 0 Å². The number of ketones is 1. The van der Waals surface area contributed by atoms with Gasteiger partial charge in [-0.25, -0.2) is 0 Å². The zero-order chi connectivity index (χ0) is 15.4. The first-order valence-electron chi connectivity index (χ1n) is 7.35. The average Bonchev–Trinajstić information content (AvgIpc) is 2.81. The highest BCUT2D eigenvalue weighted by Gasteiger charge is 2.44. The molecule has 0 fully saturated rings. The van der Waals surface area contributed by atoms with Gasteiger partial charge in [0.15, 0.2) is 5.78 Å². The third kappa shape index (κ3) is 1.51. The number of carbonyl (C=O) groups excluding carboxylic acids is 2. The van der Waals surface area contributed by atoms with Crippen LogP contribution in [0.3, 0.4) is 0 Å². The number of hydrogen-bond acceptors (Lipinski definition) is 2. The van der Waals surface area contributed by atoms with Crippen molar-refractivity contribution in [3.8, 4) is 0 Å². The van der Waals surface area contributed by atoms with Crippen LogP contribution >= 0.6 is 0 Å². The van der Waals surface area contributed by atoms with Gasteiger partial charge < -0.3 is 0 Å². The van der Waals surface area contributed by atoms with Crippen LogP contribution in [0.4, 0.5) is 5.69 Å². The van der Waals surface area contributed by atoms with Gasteiger partial charge in [0.05, 0.1) is 11.7 Å². The Morgan fingerprint density at radius 1 is 1.00 bits per heavy atom. The van der Waals surface area contributed by atoms with Gasteiger partial charge in [0, 0.05) is 16.7 Å². The molecule has 3 nitrogen and oxygen atoms in total. The second kappa shape index (κ2) is 4.41. The molecule has 0 aliphatic carbocycles. The summed E-state index contributed by atoms with van der Waals surface area (Å²) in [6.07, 6.45) is 0. The first-order chi connectivity index (χ1) is 10.6.